The minimum Gasteiger partial charge on any atom is -0.384 e. The summed E-state index contributed by atoms with van der Waals surface area (Å²) in [7, 11) is 1.84. The van der Waals surface area contributed by atoms with Gasteiger partial charge >= 0.3 is 0 Å². The number of aromatic nitrogens is 4. The van der Waals surface area contributed by atoms with Crippen LogP contribution in [0.25, 0.3) is 11.4 Å². The third kappa shape index (κ3) is 1.93. The molecule has 0 atom stereocenters. The molecule has 0 radical (unpaired) electrons. The van der Waals surface area contributed by atoms with Gasteiger partial charge in [-0.15, -0.1) is 0 Å². The summed E-state index contributed by atoms with van der Waals surface area (Å²) in [5.41, 5.74) is 7.66. The van der Waals surface area contributed by atoms with Crippen LogP contribution in [-0.4, -0.2) is 19.6 Å². The van der Waals surface area contributed by atoms with E-state index in [-0.39, 0.29) is 0 Å². The van der Waals surface area contributed by atoms with Crippen LogP contribution in [0.1, 0.15) is 13.8 Å². The standard InChI is InChI=1S/C11H17N5/c1-8(2)7-16-10(4-5-13-16)9-6-11(12)15(3)14-9/h4-6,8H,7,12H2,1-3H3. The monoisotopic (exact) mass is 219 g/mol. The lowest BCUT2D eigenvalue weighted by Gasteiger charge is -2.07. The molecule has 2 aromatic heterocycles. The first kappa shape index (κ1) is 10.7. The molecule has 0 aliphatic carbocycles. The molecule has 0 saturated carbocycles. The summed E-state index contributed by atoms with van der Waals surface area (Å²) in [6, 6.07) is 3.83. The van der Waals surface area contributed by atoms with E-state index in [0.29, 0.717) is 11.7 Å². The van der Waals surface area contributed by atoms with Gasteiger partial charge in [0.05, 0.1) is 5.69 Å². The minimum atomic E-state index is 0.555. The quantitative estimate of drug-likeness (QED) is 0.851. The molecule has 0 saturated heterocycles. The smallest absolute Gasteiger partial charge is 0.122 e. The molecule has 0 aliphatic rings. The number of hydrogen-bond donors (Lipinski definition) is 1. The maximum atomic E-state index is 5.77. The lowest BCUT2D eigenvalue weighted by Crippen LogP contribution is -2.07. The van der Waals surface area contributed by atoms with E-state index in [9.17, 15) is 0 Å². The van der Waals surface area contributed by atoms with E-state index in [1.807, 2.05) is 23.9 Å². The molecule has 0 amide bonds. The van der Waals surface area contributed by atoms with E-state index in [1.165, 1.54) is 0 Å². The highest BCUT2D eigenvalue weighted by Gasteiger charge is 2.10. The first-order chi connectivity index (χ1) is 7.58. The molecular weight excluding hydrogens is 202 g/mol. The third-order valence-corrected chi connectivity index (χ3v) is 2.43. The van der Waals surface area contributed by atoms with Crippen molar-refractivity contribution in [2.75, 3.05) is 5.73 Å². The first-order valence-electron chi connectivity index (χ1n) is 5.39. The molecule has 2 N–H and O–H groups in total. The van der Waals surface area contributed by atoms with Gasteiger partial charge in [-0.05, 0) is 12.0 Å². The Hall–Kier alpha value is -1.78. The van der Waals surface area contributed by atoms with E-state index in [0.717, 1.165) is 17.9 Å². The summed E-state index contributed by atoms with van der Waals surface area (Å²) in [6.07, 6.45) is 1.79. The third-order valence-electron chi connectivity index (χ3n) is 2.43. The summed E-state index contributed by atoms with van der Waals surface area (Å²) in [6.45, 7) is 5.22. The molecular formula is C11H17N5. The van der Waals surface area contributed by atoms with Crippen LogP contribution in [0.15, 0.2) is 18.3 Å². The minimum absolute atomic E-state index is 0.555. The van der Waals surface area contributed by atoms with Crippen LogP contribution in [0.5, 0.6) is 0 Å². The van der Waals surface area contributed by atoms with E-state index in [2.05, 4.69) is 24.0 Å². The van der Waals surface area contributed by atoms with E-state index in [4.69, 9.17) is 5.73 Å². The van der Waals surface area contributed by atoms with Gasteiger partial charge in [0, 0.05) is 25.9 Å². The van der Waals surface area contributed by atoms with E-state index in [1.54, 1.807) is 10.9 Å². The molecule has 0 unspecified atom stereocenters. The Bertz CT molecular complexity index is 461. The predicted octanol–water partition coefficient (Wildman–Crippen LogP) is 1.52. The SMILES string of the molecule is CC(C)Cn1nccc1-c1cc(N)n(C)n1. The number of nitrogens with two attached hydrogens (primary N) is 1. The van der Waals surface area contributed by atoms with Crippen molar-refractivity contribution in [3.8, 4) is 11.4 Å². The Morgan fingerprint density at radius 1 is 1.44 bits per heavy atom. The molecule has 5 heteroatoms. The second-order valence-electron chi connectivity index (χ2n) is 4.37. The fourth-order valence-corrected chi connectivity index (χ4v) is 1.65. The van der Waals surface area contributed by atoms with Gasteiger partial charge in [0.2, 0.25) is 0 Å². The summed E-state index contributed by atoms with van der Waals surface area (Å²) < 4.78 is 3.63. The Kier molecular flexibility index (Phi) is 2.68. The molecule has 2 aromatic rings. The molecule has 5 nitrogen and oxygen atoms in total. The Morgan fingerprint density at radius 2 is 2.19 bits per heavy atom. The van der Waals surface area contributed by atoms with Crippen molar-refractivity contribution in [3.05, 3.63) is 18.3 Å². The van der Waals surface area contributed by atoms with Crippen molar-refractivity contribution in [2.45, 2.75) is 20.4 Å². The van der Waals surface area contributed by atoms with Gasteiger partial charge in [-0.2, -0.15) is 10.2 Å². The predicted molar refractivity (Wildman–Crippen MR) is 63.7 cm³/mol. The van der Waals surface area contributed by atoms with Crippen LogP contribution < -0.4 is 5.73 Å². The molecule has 16 heavy (non-hydrogen) atoms. The number of nitrogens with zero attached hydrogens (tertiary/aromatic N) is 4. The van der Waals surface area contributed by atoms with Gasteiger partial charge in [0.25, 0.3) is 0 Å². The molecule has 0 fully saturated rings. The van der Waals surface area contributed by atoms with Gasteiger partial charge in [0.1, 0.15) is 11.5 Å². The topological polar surface area (TPSA) is 61.7 Å². The molecule has 0 aliphatic heterocycles. The van der Waals surface area contributed by atoms with Crippen molar-refractivity contribution >= 4 is 5.82 Å². The molecule has 86 valence electrons. The van der Waals surface area contributed by atoms with Gasteiger partial charge in [-0.25, -0.2) is 0 Å². The second kappa shape index (κ2) is 4.00. The molecule has 2 heterocycles. The summed E-state index contributed by atoms with van der Waals surface area (Å²) in [4.78, 5) is 0. The number of anilines is 1. The highest BCUT2D eigenvalue weighted by molar-refractivity contribution is 5.58. The van der Waals surface area contributed by atoms with Crippen LogP contribution >= 0.6 is 0 Å². The Morgan fingerprint density at radius 3 is 2.75 bits per heavy atom. The number of hydrogen-bond acceptors (Lipinski definition) is 3. The maximum absolute atomic E-state index is 5.77. The van der Waals surface area contributed by atoms with E-state index < -0.39 is 0 Å². The summed E-state index contributed by atoms with van der Waals surface area (Å²) >= 11 is 0. The van der Waals surface area contributed by atoms with Crippen LogP contribution in [0.4, 0.5) is 5.82 Å². The molecule has 2 rings (SSSR count). The summed E-state index contributed by atoms with van der Waals surface area (Å²) in [5.74, 6) is 1.21. The van der Waals surface area contributed by atoms with Crippen LogP contribution in [0.3, 0.4) is 0 Å². The lowest BCUT2D eigenvalue weighted by molar-refractivity contribution is 0.486. The fraction of sp³-hybridized carbons (Fsp3) is 0.455. The fourth-order valence-electron chi connectivity index (χ4n) is 1.65. The van der Waals surface area contributed by atoms with Gasteiger partial charge < -0.3 is 5.73 Å². The Labute approximate surface area is 94.9 Å². The van der Waals surface area contributed by atoms with Crippen molar-refractivity contribution in [1.82, 2.24) is 19.6 Å². The van der Waals surface area contributed by atoms with Crippen molar-refractivity contribution in [3.63, 3.8) is 0 Å². The second-order valence-corrected chi connectivity index (χ2v) is 4.37. The average Bonchev–Trinajstić information content (AvgIpc) is 2.74. The molecule has 0 aromatic carbocycles. The average molecular weight is 219 g/mol. The number of aryl methyl sites for hydroxylation is 1. The highest BCUT2D eigenvalue weighted by atomic mass is 15.3. The van der Waals surface area contributed by atoms with Crippen molar-refractivity contribution in [2.24, 2.45) is 13.0 Å². The van der Waals surface area contributed by atoms with Gasteiger partial charge in [-0.1, -0.05) is 13.8 Å². The van der Waals surface area contributed by atoms with Crippen molar-refractivity contribution in [1.29, 1.82) is 0 Å². The molecule has 0 spiro atoms. The summed E-state index contributed by atoms with van der Waals surface area (Å²) in [5, 5.41) is 8.65. The zero-order chi connectivity index (χ0) is 11.7. The normalized spacial score (nSPS) is 11.2. The van der Waals surface area contributed by atoms with Gasteiger partial charge in [-0.3, -0.25) is 9.36 Å². The largest absolute Gasteiger partial charge is 0.384 e. The number of nitrogen functional groups attached to an aromatic ring is 1. The number of rotatable bonds is 3. The molecule has 0 bridgehead atoms. The van der Waals surface area contributed by atoms with Crippen LogP contribution in [-0.2, 0) is 13.6 Å². The highest BCUT2D eigenvalue weighted by Crippen LogP contribution is 2.20. The maximum Gasteiger partial charge on any atom is 0.122 e. The lowest BCUT2D eigenvalue weighted by atomic mass is 10.2. The first-order valence-corrected chi connectivity index (χ1v) is 5.39. The van der Waals surface area contributed by atoms with E-state index >= 15 is 0 Å². The van der Waals surface area contributed by atoms with Crippen LogP contribution in [0.2, 0.25) is 0 Å². The van der Waals surface area contributed by atoms with Crippen molar-refractivity contribution < 1.29 is 0 Å². The zero-order valence-corrected chi connectivity index (χ0v) is 9.88. The van der Waals surface area contributed by atoms with Gasteiger partial charge in [0.15, 0.2) is 0 Å². The van der Waals surface area contributed by atoms with Crippen LogP contribution in [0, 0.1) is 5.92 Å². The Balaban J connectivity index is 2.36. The zero-order valence-electron chi connectivity index (χ0n) is 9.88.